The molecule has 15 heteroatoms. The van der Waals surface area contributed by atoms with Crippen LogP contribution in [0.3, 0.4) is 0 Å². The minimum Gasteiger partial charge on any atom is -0.444 e. The maximum Gasteiger partial charge on any atom is 0.421 e. The lowest BCUT2D eigenvalue weighted by Gasteiger charge is -2.06. The zero-order chi connectivity index (χ0) is 34.3. The summed E-state index contributed by atoms with van der Waals surface area (Å²) in [5.74, 6) is -7.27. The first-order valence-electron chi connectivity index (χ1n) is 14.3. The fourth-order valence-corrected chi connectivity index (χ4v) is 7.96. The van der Waals surface area contributed by atoms with Crippen LogP contribution in [0.25, 0.3) is 44.0 Å². The Labute approximate surface area is 279 Å². The molecule has 1 unspecified atom stereocenters. The Hall–Kier alpha value is -5.64. The van der Waals surface area contributed by atoms with Gasteiger partial charge in [0.15, 0.2) is 17.1 Å². The van der Waals surface area contributed by atoms with Crippen LogP contribution in [0, 0.1) is 23.3 Å². The second-order valence-electron chi connectivity index (χ2n) is 11.0. The van der Waals surface area contributed by atoms with Gasteiger partial charge in [0, 0.05) is 34.4 Å². The minimum atomic E-state index is -1.85. The van der Waals surface area contributed by atoms with E-state index in [0.717, 1.165) is 39.4 Å². The number of fused-ring (bicyclic) bond motifs is 5. The maximum absolute atomic E-state index is 14.5. The van der Waals surface area contributed by atoms with Crippen LogP contribution in [0.15, 0.2) is 54.6 Å². The van der Waals surface area contributed by atoms with Crippen LogP contribution in [0.1, 0.15) is 48.7 Å². The summed E-state index contributed by atoms with van der Waals surface area (Å²) >= 11 is 1.97. The molecule has 1 N–H and O–H groups in total. The minimum absolute atomic E-state index is 0.0622. The van der Waals surface area contributed by atoms with Crippen LogP contribution in [-0.2, 0) is 20.9 Å². The lowest BCUT2D eigenvalue weighted by molar-refractivity contribution is -0.120. The van der Waals surface area contributed by atoms with Gasteiger partial charge < -0.3 is 9.84 Å². The highest BCUT2D eigenvalue weighted by atomic mass is 32.1. The number of aliphatic hydroxyl groups excluding tert-OH is 1. The number of hydrogen-bond acceptors (Lipinski definition) is 10. The van der Waals surface area contributed by atoms with Crippen LogP contribution in [-0.4, -0.2) is 43.1 Å². The lowest BCUT2D eigenvalue weighted by atomic mass is 10.1. The van der Waals surface area contributed by atoms with E-state index in [9.17, 15) is 41.8 Å². The monoisotopic (exact) mass is 701 g/mol. The number of rotatable bonds is 4. The van der Waals surface area contributed by atoms with E-state index in [1.54, 1.807) is 30.3 Å². The van der Waals surface area contributed by atoms with Crippen molar-refractivity contribution in [2.75, 3.05) is 0 Å². The number of ketones is 3. The van der Waals surface area contributed by atoms with Gasteiger partial charge in [-0.2, -0.15) is 0 Å². The number of allylic oxidation sites excluding steroid dienone is 1. The van der Waals surface area contributed by atoms with Crippen molar-refractivity contribution in [3.05, 3.63) is 116 Å². The predicted octanol–water partition coefficient (Wildman–Crippen LogP) is 6.91. The van der Waals surface area contributed by atoms with Crippen LogP contribution in [0.5, 0.6) is 0 Å². The second kappa shape index (κ2) is 11.2. The highest BCUT2D eigenvalue weighted by molar-refractivity contribution is 7.27. The lowest BCUT2D eigenvalue weighted by Crippen LogP contribution is -2.14. The summed E-state index contributed by atoms with van der Waals surface area (Å²) in [6.07, 6.45) is -0.289. The van der Waals surface area contributed by atoms with E-state index in [1.807, 2.05) is 0 Å². The Morgan fingerprint density at radius 2 is 1.41 bits per heavy atom. The molecule has 0 fully saturated rings. The number of carbonyl (C=O) groups is 4. The topological polar surface area (TPSA) is 128 Å². The Bertz CT molecular complexity index is 2550. The number of hydrogen-bond donors (Lipinski definition) is 1. The Kier molecular flexibility index (Phi) is 7.03. The van der Waals surface area contributed by atoms with Gasteiger partial charge in [-0.15, -0.1) is 22.7 Å². The van der Waals surface area contributed by atoms with Crippen LogP contribution < -0.4 is 0 Å². The van der Waals surface area contributed by atoms with Gasteiger partial charge >= 0.3 is 6.09 Å². The highest BCUT2D eigenvalue weighted by Crippen LogP contribution is 2.43. The second-order valence-corrected chi connectivity index (χ2v) is 13.0. The smallest absolute Gasteiger partial charge is 0.421 e. The van der Waals surface area contributed by atoms with Crippen LogP contribution in [0.2, 0.25) is 0 Å². The average Bonchev–Trinajstić information content (AvgIpc) is 3.82. The Balaban J connectivity index is 1.27. The molecule has 242 valence electrons. The molecule has 9 nitrogen and oxygen atoms in total. The maximum atomic E-state index is 14.5. The van der Waals surface area contributed by atoms with Gasteiger partial charge in [-0.1, -0.05) is 30.3 Å². The molecule has 0 spiro atoms. The molecule has 3 aromatic heterocycles. The number of benzene rings is 3. The summed E-state index contributed by atoms with van der Waals surface area (Å²) in [5, 5.41) is 10.6. The van der Waals surface area contributed by atoms with E-state index in [2.05, 4.69) is 9.97 Å². The quantitative estimate of drug-likeness (QED) is 0.119. The molecular formula is C34H15F4N3O6S2. The molecule has 2 aliphatic carbocycles. The van der Waals surface area contributed by atoms with Gasteiger partial charge in [-0.25, -0.2) is 36.9 Å². The summed E-state index contributed by atoms with van der Waals surface area (Å²) in [7, 11) is 0. The molecule has 0 amide bonds. The van der Waals surface area contributed by atoms with Crippen molar-refractivity contribution in [2.45, 2.75) is 12.7 Å². The van der Waals surface area contributed by atoms with Gasteiger partial charge in [0.2, 0.25) is 11.6 Å². The van der Waals surface area contributed by atoms with Crippen molar-refractivity contribution in [3.8, 4) is 0 Å². The summed E-state index contributed by atoms with van der Waals surface area (Å²) in [5.41, 5.74) is -0.943. The van der Waals surface area contributed by atoms with Crippen molar-refractivity contribution in [1.82, 2.24) is 14.5 Å². The number of carbonyl (C=O) groups excluding carboxylic acids is 4. The van der Waals surface area contributed by atoms with E-state index in [-0.39, 0.29) is 55.8 Å². The summed E-state index contributed by atoms with van der Waals surface area (Å²) in [6.45, 7) is -0.117. The molecule has 0 aliphatic heterocycles. The summed E-state index contributed by atoms with van der Waals surface area (Å²) < 4.78 is 64.5. The molecule has 49 heavy (non-hydrogen) atoms. The largest absolute Gasteiger partial charge is 0.444 e. The van der Waals surface area contributed by atoms with Gasteiger partial charge in [-0.3, -0.25) is 14.4 Å². The SMILES string of the molecule is O=C1C(=O)c2c(F)cc(F)cc2/C1=C/c1nc2c(s1)c1sc(/C=C3\C(=O)C(O)c4c(F)cc(F)cc43)nc1n2C(=O)OCc1ccccc1. The molecule has 3 heterocycles. The van der Waals surface area contributed by atoms with E-state index in [0.29, 0.717) is 27.1 Å². The molecule has 0 saturated carbocycles. The molecule has 2 aliphatic rings. The number of Topliss-reactive ketones (excluding diaryl/α,β-unsaturated/α-hetero) is 3. The number of nitrogens with zero attached hydrogens (tertiary/aromatic N) is 3. The van der Waals surface area contributed by atoms with Gasteiger partial charge in [-0.05, 0) is 35.4 Å². The first kappa shape index (κ1) is 30.7. The summed E-state index contributed by atoms with van der Waals surface area (Å²) in [6, 6.07) is 11.7. The number of thiazole rings is 2. The van der Waals surface area contributed by atoms with Gasteiger partial charge in [0.1, 0.15) is 46.0 Å². The third-order valence-corrected chi connectivity index (χ3v) is 10.1. The van der Waals surface area contributed by atoms with E-state index in [1.165, 1.54) is 12.2 Å². The predicted molar refractivity (Wildman–Crippen MR) is 171 cm³/mol. The molecule has 1 atom stereocenters. The fourth-order valence-electron chi connectivity index (χ4n) is 5.85. The van der Waals surface area contributed by atoms with E-state index < -0.39 is 58.4 Å². The van der Waals surface area contributed by atoms with Crippen molar-refractivity contribution in [3.63, 3.8) is 0 Å². The molecule has 0 bridgehead atoms. The van der Waals surface area contributed by atoms with Gasteiger partial charge in [0.25, 0.3) is 0 Å². The first-order chi connectivity index (χ1) is 23.5. The van der Waals surface area contributed by atoms with Crippen LogP contribution >= 0.6 is 22.7 Å². The first-order valence-corrected chi connectivity index (χ1v) is 15.9. The van der Waals surface area contributed by atoms with Crippen molar-refractivity contribution in [1.29, 1.82) is 0 Å². The van der Waals surface area contributed by atoms with Crippen LogP contribution in [0.4, 0.5) is 22.4 Å². The van der Waals surface area contributed by atoms with E-state index >= 15 is 0 Å². The number of ether oxygens (including phenoxy) is 1. The van der Waals surface area contributed by atoms with Crippen molar-refractivity contribution >= 4 is 90.1 Å². The summed E-state index contributed by atoms with van der Waals surface area (Å²) in [4.78, 5) is 60.8. The molecule has 0 saturated heterocycles. The van der Waals surface area contributed by atoms with Crippen molar-refractivity contribution < 1.29 is 46.6 Å². The van der Waals surface area contributed by atoms with E-state index in [4.69, 9.17) is 4.74 Å². The average molecular weight is 702 g/mol. The molecule has 3 aromatic carbocycles. The molecule has 0 radical (unpaired) electrons. The Morgan fingerprint density at radius 1 is 0.816 bits per heavy atom. The molecule has 8 rings (SSSR count). The zero-order valence-corrected chi connectivity index (χ0v) is 25.9. The van der Waals surface area contributed by atoms with Gasteiger partial charge in [0.05, 0.1) is 15.0 Å². The number of aliphatic hydroxyl groups is 1. The van der Waals surface area contributed by atoms with Crippen molar-refractivity contribution in [2.24, 2.45) is 0 Å². The normalized spacial score (nSPS) is 17.2. The third-order valence-electron chi connectivity index (χ3n) is 8.00. The molecular weight excluding hydrogens is 687 g/mol. The standard InChI is InChI=1S/C34H15F4N3O6S2/c35-14-6-16-18(26(42)28(44)24(16)20(37)8-14)10-22-39-32-30(48-22)31-33(41(32)34(46)47-12-13-4-2-1-3-5-13)40-23(49-31)11-19-17-7-15(36)9-21(38)25(17)29(45)27(19)43/h1-11,28,44H,12H2/b18-10-,19-11-. The number of halogens is 4. The fraction of sp³-hybridized carbons (Fsp3) is 0.0588. The highest BCUT2D eigenvalue weighted by Gasteiger charge is 2.38. The third kappa shape index (κ3) is 4.84. The zero-order valence-electron chi connectivity index (χ0n) is 24.3. The Morgan fingerprint density at radius 3 is 2.06 bits per heavy atom. The number of aromatic nitrogens is 3. The molecule has 6 aromatic rings.